The molecule has 3 rings (SSSR count). The Labute approximate surface area is 153 Å². The molecule has 0 spiro atoms. The van der Waals surface area contributed by atoms with E-state index in [4.69, 9.17) is 21.1 Å². The van der Waals surface area contributed by atoms with Crippen LogP contribution in [0, 0.1) is 5.82 Å². The van der Waals surface area contributed by atoms with Crippen LogP contribution in [0.3, 0.4) is 0 Å². The maximum absolute atomic E-state index is 14.0. The first-order chi connectivity index (χ1) is 12.2. The van der Waals surface area contributed by atoms with E-state index in [1.165, 1.54) is 19.9 Å². The van der Waals surface area contributed by atoms with Crippen LogP contribution in [0.1, 0.15) is 24.2 Å². The molecule has 26 heavy (non-hydrogen) atoms. The van der Waals surface area contributed by atoms with E-state index in [0.29, 0.717) is 21.7 Å². The summed E-state index contributed by atoms with van der Waals surface area (Å²) in [6, 6.07) is 10.7. The molecule has 0 aliphatic carbocycles. The van der Waals surface area contributed by atoms with Crippen LogP contribution < -0.4 is 5.32 Å². The number of carbonyl (C=O) groups is 2. The minimum Gasteiger partial charge on any atom is -0.480 e. The fourth-order valence-electron chi connectivity index (χ4n) is 2.45. The number of furan rings is 1. The molecule has 5 nitrogen and oxygen atoms in total. The van der Waals surface area contributed by atoms with Crippen LogP contribution in [0.25, 0.3) is 22.3 Å². The van der Waals surface area contributed by atoms with Crippen molar-refractivity contribution < 1.29 is 23.5 Å². The van der Waals surface area contributed by atoms with E-state index >= 15 is 0 Å². The summed E-state index contributed by atoms with van der Waals surface area (Å²) in [7, 11) is 0. The zero-order chi connectivity index (χ0) is 19.1. The van der Waals surface area contributed by atoms with Gasteiger partial charge in [-0.25, -0.2) is 9.18 Å². The van der Waals surface area contributed by atoms with Crippen molar-refractivity contribution in [1.29, 1.82) is 0 Å². The molecule has 0 radical (unpaired) electrons. The molecule has 0 aliphatic rings. The molecular formula is C19H15ClFNO4. The third-order valence-corrected chi connectivity index (χ3v) is 4.17. The van der Waals surface area contributed by atoms with E-state index in [0.717, 1.165) is 6.07 Å². The molecule has 3 aromatic rings. The summed E-state index contributed by atoms with van der Waals surface area (Å²) in [5, 5.41) is 12.5. The fraction of sp³-hybridized carbons (Fsp3) is 0.158. The van der Waals surface area contributed by atoms with Crippen LogP contribution in [-0.2, 0) is 4.79 Å². The molecule has 0 atom stereocenters. The van der Waals surface area contributed by atoms with Gasteiger partial charge in [0.1, 0.15) is 22.7 Å². The Hall–Kier alpha value is -2.86. The number of carbonyl (C=O) groups excluding carboxylic acids is 1. The van der Waals surface area contributed by atoms with Crippen LogP contribution in [0.4, 0.5) is 4.39 Å². The van der Waals surface area contributed by atoms with Crippen LogP contribution in [-0.4, -0.2) is 22.5 Å². The number of carboxylic acid groups (broad SMARTS) is 1. The van der Waals surface area contributed by atoms with E-state index in [9.17, 15) is 14.0 Å². The van der Waals surface area contributed by atoms with E-state index in [-0.39, 0.29) is 11.1 Å². The smallest absolute Gasteiger partial charge is 0.328 e. The van der Waals surface area contributed by atoms with Crippen molar-refractivity contribution in [3.63, 3.8) is 0 Å². The number of nitrogens with one attached hydrogen (secondary N) is 1. The van der Waals surface area contributed by atoms with Gasteiger partial charge < -0.3 is 14.8 Å². The maximum Gasteiger partial charge on any atom is 0.328 e. The first kappa shape index (κ1) is 17.9. The Morgan fingerprint density at radius 1 is 1.15 bits per heavy atom. The quantitative estimate of drug-likeness (QED) is 0.704. The van der Waals surface area contributed by atoms with Gasteiger partial charge in [-0.2, -0.15) is 0 Å². The fourth-order valence-corrected chi connectivity index (χ4v) is 2.57. The van der Waals surface area contributed by atoms with E-state index in [2.05, 4.69) is 5.32 Å². The molecule has 0 saturated heterocycles. The lowest BCUT2D eigenvalue weighted by molar-refractivity contribution is -0.143. The Bertz CT molecular complexity index is 1010. The summed E-state index contributed by atoms with van der Waals surface area (Å²) in [4.78, 5) is 23.7. The van der Waals surface area contributed by atoms with Gasteiger partial charge in [0.25, 0.3) is 5.91 Å². The second-order valence-electron chi connectivity index (χ2n) is 6.37. The van der Waals surface area contributed by atoms with Gasteiger partial charge in [0, 0.05) is 16.0 Å². The average Bonchev–Trinajstić information content (AvgIpc) is 2.97. The van der Waals surface area contributed by atoms with Crippen molar-refractivity contribution in [2.75, 3.05) is 0 Å². The summed E-state index contributed by atoms with van der Waals surface area (Å²) in [6.45, 7) is 2.68. The highest BCUT2D eigenvalue weighted by Crippen LogP contribution is 2.31. The SMILES string of the molecule is CC(C)(NC(=O)c1cc(F)cc2cc(-c3ccc(Cl)cc3)oc12)C(=O)O. The van der Waals surface area contributed by atoms with Crippen molar-refractivity contribution >= 4 is 34.4 Å². The van der Waals surface area contributed by atoms with Gasteiger partial charge in [0.15, 0.2) is 0 Å². The molecule has 1 heterocycles. The number of fused-ring (bicyclic) bond motifs is 1. The second kappa shape index (κ2) is 6.46. The highest BCUT2D eigenvalue weighted by molar-refractivity contribution is 6.30. The van der Waals surface area contributed by atoms with Crippen molar-refractivity contribution in [2.24, 2.45) is 0 Å². The van der Waals surface area contributed by atoms with Crippen LogP contribution in [0.2, 0.25) is 5.02 Å². The second-order valence-corrected chi connectivity index (χ2v) is 6.81. The lowest BCUT2D eigenvalue weighted by Gasteiger charge is -2.21. The first-order valence-electron chi connectivity index (χ1n) is 7.72. The van der Waals surface area contributed by atoms with Crippen LogP contribution in [0.15, 0.2) is 46.9 Å². The molecule has 134 valence electrons. The van der Waals surface area contributed by atoms with Gasteiger partial charge >= 0.3 is 5.97 Å². The van der Waals surface area contributed by atoms with E-state index in [1.807, 2.05) is 0 Å². The van der Waals surface area contributed by atoms with Gasteiger partial charge in [-0.1, -0.05) is 11.6 Å². The third-order valence-electron chi connectivity index (χ3n) is 3.92. The lowest BCUT2D eigenvalue weighted by atomic mass is 10.0. The van der Waals surface area contributed by atoms with E-state index in [1.54, 1.807) is 30.3 Å². The Morgan fingerprint density at radius 2 is 1.81 bits per heavy atom. The van der Waals surface area contributed by atoms with Gasteiger partial charge in [-0.05, 0) is 56.3 Å². The van der Waals surface area contributed by atoms with E-state index < -0.39 is 23.2 Å². The first-order valence-corrected chi connectivity index (χ1v) is 8.10. The van der Waals surface area contributed by atoms with Crippen molar-refractivity contribution in [3.05, 3.63) is 58.9 Å². The van der Waals surface area contributed by atoms with Gasteiger partial charge in [-0.15, -0.1) is 0 Å². The molecule has 7 heteroatoms. The molecule has 0 unspecified atom stereocenters. The Morgan fingerprint density at radius 3 is 2.42 bits per heavy atom. The molecule has 1 aromatic heterocycles. The zero-order valence-corrected chi connectivity index (χ0v) is 14.7. The maximum atomic E-state index is 14.0. The molecule has 0 bridgehead atoms. The predicted octanol–water partition coefficient (Wildman–Crippen LogP) is 4.49. The summed E-state index contributed by atoms with van der Waals surface area (Å²) in [5.41, 5.74) is -0.700. The lowest BCUT2D eigenvalue weighted by Crippen LogP contribution is -2.49. The topological polar surface area (TPSA) is 79.5 Å². The summed E-state index contributed by atoms with van der Waals surface area (Å²) in [5.74, 6) is -2.13. The number of hydrogen-bond donors (Lipinski definition) is 2. The third kappa shape index (κ3) is 3.41. The highest BCUT2D eigenvalue weighted by atomic mass is 35.5. The van der Waals surface area contributed by atoms with Gasteiger partial charge in [0.2, 0.25) is 0 Å². The molecule has 0 fully saturated rings. The van der Waals surface area contributed by atoms with Gasteiger partial charge in [-0.3, -0.25) is 4.79 Å². The number of carboxylic acids is 1. The zero-order valence-electron chi connectivity index (χ0n) is 14.0. The molecule has 0 aliphatic heterocycles. The predicted molar refractivity (Wildman–Crippen MR) is 95.8 cm³/mol. The monoisotopic (exact) mass is 375 g/mol. The largest absolute Gasteiger partial charge is 0.480 e. The molecule has 0 saturated carbocycles. The van der Waals surface area contributed by atoms with Crippen molar-refractivity contribution in [3.8, 4) is 11.3 Å². The summed E-state index contributed by atoms with van der Waals surface area (Å²) >= 11 is 5.87. The Balaban J connectivity index is 2.07. The van der Waals surface area contributed by atoms with Crippen LogP contribution >= 0.6 is 11.6 Å². The number of aliphatic carboxylic acids is 1. The molecule has 1 amide bonds. The van der Waals surface area contributed by atoms with Crippen molar-refractivity contribution in [2.45, 2.75) is 19.4 Å². The number of hydrogen-bond acceptors (Lipinski definition) is 3. The van der Waals surface area contributed by atoms with Crippen LogP contribution in [0.5, 0.6) is 0 Å². The molecular weight excluding hydrogens is 361 g/mol. The minimum absolute atomic E-state index is 0.0745. The number of halogens is 2. The average molecular weight is 376 g/mol. The standard InChI is InChI=1S/C19H15ClFNO4/c1-19(2,18(24)25)22-17(23)14-9-13(21)7-11-8-15(26-16(11)14)10-3-5-12(20)6-4-10/h3-9H,1-2H3,(H,22,23)(H,24,25). The number of rotatable bonds is 4. The summed E-state index contributed by atoms with van der Waals surface area (Å²) in [6.07, 6.45) is 0. The minimum atomic E-state index is -1.51. The Kier molecular flexibility index (Phi) is 4.46. The highest BCUT2D eigenvalue weighted by Gasteiger charge is 2.30. The molecule has 2 N–H and O–H groups in total. The normalized spacial score (nSPS) is 11.5. The molecule has 2 aromatic carbocycles. The number of amides is 1. The van der Waals surface area contributed by atoms with Gasteiger partial charge in [0.05, 0.1) is 5.56 Å². The number of benzene rings is 2. The summed E-state index contributed by atoms with van der Waals surface area (Å²) < 4.78 is 19.7. The van der Waals surface area contributed by atoms with Crippen molar-refractivity contribution in [1.82, 2.24) is 5.32 Å².